The third-order valence-electron chi connectivity index (χ3n) is 2.92. The van der Waals surface area contributed by atoms with Gasteiger partial charge in [0.25, 0.3) is 0 Å². The van der Waals surface area contributed by atoms with Gasteiger partial charge in [0, 0.05) is 30.3 Å². The number of aliphatic hydroxyl groups is 1. The van der Waals surface area contributed by atoms with Gasteiger partial charge in [-0.15, -0.1) is 0 Å². The topological polar surface area (TPSA) is 58.3 Å². The van der Waals surface area contributed by atoms with Gasteiger partial charge in [-0.2, -0.15) is 0 Å². The Morgan fingerprint density at radius 1 is 1.24 bits per heavy atom. The molecule has 0 bridgehead atoms. The Bertz CT molecular complexity index is 650. The molecule has 3 nitrogen and oxygen atoms in total. The standard InChI is InChI=1S/C15H14Cl2FN2O/c16-9-2-3-11(13(17)6-9)12-7-10(18)8-14(19)15(12)20-4-1-5-21/h2-3,7-8,20-21H,1,4-5,19H2. The van der Waals surface area contributed by atoms with Crippen molar-refractivity contribution in [2.24, 2.45) is 0 Å². The molecule has 0 spiro atoms. The number of nitrogens with two attached hydrogens (primary N) is 1. The number of halogens is 3. The lowest BCUT2D eigenvalue weighted by Gasteiger charge is -2.16. The summed E-state index contributed by atoms with van der Waals surface area (Å²) in [5, 5.41) is 12.6. The van der Waals surface area contributed by atoms with E-state index in [4.69, 9.17) is 34.0 Å². The lowest BCUT2D eigenvalue weighted by molar-refractivity contribution is 0.292. The number of hydrogen-bond donors (Lipinski definition) is 3. The van der Waals surface area contributed by atoms with Gasteiger partial charge >= 0.3 is 0 Å². The predicted molar refractivity (Wildman–Crippen MR) is 85.3 cm³/mol. The van der Waals surface area contributed by atoms with Crippen molar-refractivity contribution in [3.8, 4) is 11.1 Å². The number of nitrogens with one attached hydrogen (secondary N) is 1. The van der Waals surface area contributed by atoms with Gasteiger partial charge in [-0.3, -0.25) is 0 Å². The van der Waals surface area contributed by atoms with Crippen LogP contribution < -0.4 is 11.1 Å². The molecule has 2 rings (SSSR count). The highest BCUT2D eigenvalue weighted by molar-refractivity contribution is 6.36. The highest BCUT2D eigenvalue weighted by atomic mass is 35.5. The predicted octanol–water partition coefficient (Wildman–Crippen LogP) is 3.98. The maximum absolute atomic E-state index is 13.7. The van der Waals surface area contributed by atoms with Gasteiger partial charge in [-0.05, 0) is 24.6 Å². The lowest BCUT2D eigenvalue weighted by Crippen LogP contribution is -2.07. The molecule has 0 aromatic heterocycles. The Hall–Kier alpha value is -1.49. The summed E-state index contributed by atoms with van der Waals surface area (Å²) >= 11 is 12.0. The molecule has 0 atom stereocenters. The molecule has 6 heteroatoms. The fourth-order valence-electron chi connectivity index (χ4n) is 1.98. The molecule has 0 unspecified atom stereocenters. The average molecular weight is 328 g/mol. The van der Waals surface area contributed by atoms with Crippen molar-refractivity contribution in [3.63, 3.8) is 0 Å². The van der Waals surface area contributed by atoms with Crippen LogP contribution in [0.2, 0.25) is 10.0 Å². The third-order valence-corrected chi connectivity index (χ3v) is 3.44. The monoisotopic (exact) mass is 327 g/mol. The summed E-state index contributed by atoms with van der Waals surface area (Å²) in [6, 6.07) is 8.67. The quantitative estimate of drug-likeness (QED) is 0.575. The highest BCUT2D eigenvalue weighted by Gasteiger charge is 2.14. The van der Waals surface area contributed by atoms with E-state index in [9.17, 15) is 4.39 Å². The van der Waals surface area contributed by atoms with E-state index in [-0.39, 0.29) is 17.3 Å². The third kappa shape index (κ3) is 3.79. The Morgan fingerprint density at radius 3 is 2.67 bits per heavy atom. The first-order valence-corrected chi connectivity index (χ1v) is 7.10. The second kappa shape index (κ2) is 6.98. The van der Waals surface area contributed by atoms with Gasteiger partial charge in [0.05, 0.1) is 21.4 Å². The van der Waals surface area contributed by atoms with Crippen LogP contribution in [0.25, 0.3) is 11.1 Å². The largest absolute Gasteiger partial charge is 0.397 e. The zero-order valence-corrected chi connectivity index (χ0v) is 12.6. The minimum Gasteiger partial charge on any atom is -0.397 e. The van der Waals surface area contributed by atoms with Crippen LogP contribution in [0.15, 0.2) is 24.3 Å². The second-order valence-electron chi connectivity index (χ2n) is 4.46. The number of benzene rings is 2. The molecule has 2 aromatic carbocycles. The van der Waals surface area contributed by atoms with Crippen LogP contribution in [0.1, 0.15) is 6.42 Å². The average Bonchev–Trinajstić information content (AvgIpc) is 2.41. The molecule has 0 saturated heterocycles. The second-order valence-corrected chi connectivity index (χ2v) is 5.24. The van der Waals surface area contributed by atoms with Gasteiger partial charge in [-0.1, -0.05) is 29.3 Å². The highest BCUT2D eigenvalue weighted by Crippen LogP contribution is 2.38. The number of nitrogen functional groups attached to an aromatic ring is 1. The molecule has 2 aromatic rings. The van der Waals surface area contributed by atoms with Crippen LogP contribution in [-0.4, -0.2) is 18.3 Å². The zero-order valence-electron chi connectivity index (χ0n) is 11.1. The van der Waals surface area contributed by atoms with E-state index >= 15 is 0 Å². The molecule has 0 heterocycles. The van der Waals surface area contributed by atoms with E-state index in [1.807, 2.05) is 0 Å². The summed E-state index contributed by atoms with van der Waals surface area (Å²) in [5.41, 5.74) is 7.83. The van der Waals surface area contributed by atoms with Crippen LogP contribution in [0, 0.1) is 11.9 Å². The van der Waals surface area contributed by atoms with Crippen molar-refractivity contribution < 1.29 is 9.50 Å². The van der Waals surface area contributed by atoms with Crippen LogP contribution in [0.5, 0.6) is 0 Å². The molecule has 0 aliphatic heterocycles. The summed E-state index contributed by atoms with van der Waals surface area (Å²) in [5.74, 6) is -0.457. The van der Waals surface area contributed by atoms with E-state index in [1.54, 1.807) is 12.1 Å². The van der Waals surface area contributed by atoms with Crippen molar-refractivity contribution in [2.45, 2.75) is 6.42 Å². The fraction of sp³-hybridized carbons (Fsp3) is 0.200. The summed E-state index contributed by atoms with van der Waals surface area (Å²) in [6.45, 7) is 0.563. The summed E-state index contributed by atoms with van der Waals surface area (Å²) in [4.78, 5) is 0. The van der Waals surface area contributed by atoms with Crippen LogP contribution in [-0.2, 0) is 0 Å². The Morgan fingerprint density at radius 2 is 2.00 bits per heavy atom. The first kappa shape index (κ1) is 15.9. The SMILES string of the molecule is Nc1cc(F)cc(-c2ccc(Cl)[c]c2Cl)c1NCCCO. The van der Waals surface area contributed by atoms with E-state index in [2.05, 4.69) is 11.4 Å². The molecule has 111 valence electrons. The van der Waals surface area contributed by atoms with E-state index < -0.39 is 5.82 Å². The first-order chi connectivity index (χ1) is 10.0. The van der Waals surface area contributed by atoms with Crippen molar-refractivity contribution >= 4 is 34.6 Å². The Labute approximate surface area is 132 Å². The first-order valence-electron chi connectivity index (χ1n) is 6.34. The summed E-state index contributed by atoms with van der Waals surface area (Å²) in [7, 11) is 0. The smallest absolute Gasteiger partial charge is 0.126 e. The van der Waals surface area contributed by atoms with Crippen LogP contribution in [0.4, 0.5) is 15.8 Å². The normalized spacial score (nSPS) is 10.7. The number of hydrogen-bond acceptors (Lipinski definition) is 3. The van der Waals surface area contributed by atoms with Gasteiger partial charge in [0.2, 0.25) is 0 Å². The molecule has 21 heavy (non-hydrogen) atoms. The Balaban J connectivity index is 2.50. The van der Waals surface area contributed by atoms with Crippen molar-refractivity contribution in [1.29, 1.82) is 0 Å². The zero-order chi connectivity index (χ0) is 15.4. The van der Waals surface area contributed by atoms with Crippen molar-refractivity contribution in [3.05, 3.63) is 46.2 Å². The van der Waals surface area contributed by atoms with Gasteiger partial charge < -0.3 is 16.2 Å². The lowest BCUT2D eigenvalue weighted by atomic mass is 10.0. The maximum Gasteiger partial charge on any atom is 0.126 e. The van der Waals surface area contributed by atoms with Gasteiger partial charge in [0.1, 0.15) is 5.82 Å². The minimum atomic E-state index is -0.457. The van der Waals surface area contributed by atoms with E-state index in [0.717, 1.165) is 0 Å². The van der Waals surface area contributed by atoms with Gasteiger partial charge in [-0.25, -0.2) is 4.39 Å². The summed E-state index contributed by atoms with van der Waals surface area (Å²) in [6.07, 6.45) is 0.552. The molecular weight excluding hydrogens is 314 g/mol. The van der Waals surface area contributed by atoms with Gasteiger partial charge in [0.15, 0.2) is 0 Å². The minimum absolute atomic E-state index is 0.0545. The molecule has 0 amide bonds. The molecule has 0 fully saturated rings. The number of anilines is 2. The van der Waals surface area contributed by atoms with Crippen molar-refractivity contribution in [2.75, 3.05) is 24.2 Å². The maximum atomic E-state index is 13.7. The molecule has 0 saturated carbocycles. The van der Waals surface area contributed by atoms with Crippen LogP contribution in [0.3, 0.4) is 0 Å². The molecule has 0 aliphatic rings. The van der Waals surface area contributed by atoms with Crippen molar-refractivity contribution in [1.82, 2.24) is 0 Å². The Kier molecular flexibility index (Phi) is 5.28. The fourth-order valence-corrected chi connectivity index (χ4v) is 2.45. The number of rotatable bonds is 5. The number of aliphatic hydroxyl groups excluding tert-OH is 1. The molecule has 4 N–H and O–H groups in total. The van der Waals surface area contributed by atoms with E-state index in [0.29, 0.717) is 34.8 Å². The van der Waals surface area contributed by atoms with E-state index in [1.165, 1.54) is 12.1 Å². The molecular formula is C15H14Cl2FN2O. The molecule has 0 aliphatic carbocycles. The van der Waals surface area contributed by atoms with Crippen LogP contribution >= 0.6 is 23.2 Å². The molecule has 1 radical (unpaired) electrons. The summed E-state index contributed by atoms with van der Waals surface area (Å²) < 4.78 is 13.7.